The lowest BCUT2D eigenvalue weighted by atomic mass is 10.1. The Balaban J connectivity index is 2.19. The summed E-state index contributed by atoms with van der Waals surface area (Å²) in [5.41, 5.74) is 3.51. The molecule has 4 rings (SSSR count). The molecule has 0 saturated heterocycles. The number of aromatic nitrogens is 2. The minimum absolute atomic E-state index is 0.306. The van der Waals surface area contributed by atoms with Gasteiger partial charge in [-0.25, -0.2) is 4.79 Å². The quantitative estimate of drug-likeness (QED) is 0.610. The number of benzene rings is 2. The third-order valence-corrected chi connectivity index (χ3v) is 4.04. The number of fused-ring (bicyclic) bond motifs is 1. The molecule has 0 bridgehead atoms. The SMILES string of the molecule is O=C(O)c1c(-c2ccccc2)n(-c2cccnc2)c2ccccc12. The summed E-state index contributed by atoms with van der Waals surface area (Å²) < 4.78 is 1.96. The second kappa shape index (κ2) is 5.66. The van der Waals surface area contributed by atoms with Crippen molar-refractivity contribution in [2.75, 3.05) is 0 Å². The third-order valence-electron chi connectivity index (χ3n) is 4.04. The molecule has 24 heavy (non-hydrogen) atoms. The lowest BCUT2D eigenvalue weighted by Crippen LogP contribution is -2.02. The van der Waals surface area contributed by atoms with Crippen LogP contribution in [0.2, 0.25) is 0 Å². The van der Waals surface area contributed by atoms with Crippen LogP contribution in [-0.4, -0.2) is 20.6 Å². The summed E-state index contributed by atoms with van der Waals surface area (Å²) in [5, 5.41) is 10.6. The van der Waals surface area contributed by atoms with Crippen LogP contribution in [0.1, 0.15) is 10.4 Å². The van der Waals surface area contributed by atoms with Gasteiger partial charge in [0.05, 0.1) is 28.7 Å². The maximum atomic E-state index is 12.0. The Labute approximate surface area is 138 Å². The number of para-hydroxylation sites is 1. The molecule has 0 amide bonds. The maximum absolute atomic E-state index is 12.0. The number of carbonyl (C=O) groups is 1. The third kappa shape index (κ3) is 2.16. The second-order valence-corrected chi connectivity index (χ2v) is 5.46. The number of nitrogens with zero attached hydrogens (tertiary/aromatic N) is 2. The minimum atomic E-state index is -0.937. The lowest BCUT2D eigenvalue weighted by molar-refractivity contribution is 0.0700. The van der Waals surface area contributed by atoms with Crippen LogP contribution >= 0.6 is 0 Å². The van der Waals surface area contributed by atoms with Gasteiger partial charge in [-0.1, -0.05) is 48.5 Å². The van der Waals surface area contributed by atoms with Crippen molar-refractivity contribution in [1.82, 2.24) is 9.55 Å². The van der Waals surface area contributed by atoms with Gasteiger partial charge in [0, 0.05) is 11.6 Å². The average Bonchev–Trinajstić information content (AvgIpc) is 2.98. The van der Waals surface area contributed by atoms with Crippen molar-refractivity contribution in [1.29, 1.82) is 0 Å². The first kappa shape index (κ1) is 14.2. The first-order valence-electron chi connectivity index (χ1n) is 7.60. The molecule has 116 valence electrons. The van der Waals surface area contributed by atoms with E-state index in [9.17, 15) is 9.90 Å². The van der Waals surface area contributed by atoms with Crippen molar-refractivity contribution >= 4 is 16.9 Å². The van der Waals surface area contributed by atoms with E-state index < -0.39 is 5.97 Å². The van der Waals surface area contributed by atoms with Crippen LogP contribution in [0.25, 0.3) is 27.8 Å². The zero-order valence-corrected chi connectivity index (χ0v) is 12.8. The zero-order chi connectivity index (χ0) is 16.5. The van der Waals surface area contributed by atoms with Crippen molar-refractivity contribution in [3.05, 3.63) is 84.7 Å². The fourth-order valence-electron chi connectivity index (χ4n) is 3.08. The van der Waals surface area contributed by atoms with E-state index in [0.29, 0.717) is 16.6 Å². The molecule has 0 fully saturated rings. The van der Waals surface area contributed by atoms with E-state index in [1.165, 1.54) is 0 Å². The molecule has 2 heterocycles. The number of carboxylic acid groups (broad SMARTS) is 1. The second-order valence-electron chi connectivity index (χ2n) is 5.46. The van der Waals surface area contributed by atoms with Gasteiger partial charge in [0.1, 0.15) is 0 Å². The van der Waals surface area contributed by atoms with Gasteiger partial charge in [-0.15, -0.1) is 0 Å². The molecule has 0 spiro atoms. The van der Waals surface area contributed by atoms with Gasteiger partial charge in [-0.3, -0.25) is 4.98 Å². The van der Waals surface area contributed by atoms with Crippen molar-refractivity contribution in [3.63, 3.8) is 0 Å². The Bertz CT molecular complexity index is 1020. The summed E-state index contributed by atoms with van der Waals surface area (Å²) in [5.74, 6) is -0.937. The smallest absolute Gasteiger partial charge is 0.338 e. The topological polar surface area (TPSA) is 55.1 Å². The number of carboxylic acids is 1. The molecule has 2 aromatic heterocycles. The predicted molar refractivity (Wildman–Crippen MR) is 93.5 cm³/mol. The van der Waals surface area contributed by atoms with Crippen molar-refractivity contribution in [3.8, 4) is 16.9 Å². The summed E-state index contributed by atoms with van der Waals surface area (Å²) in [6.07, 6.45) is 3.44. The van der Waals surface area contributed by atoms with Crippen LogP contribution in [0.3, 0.4) is 0 Å². The number of pyridine rings is 1. The van der Waals surface area contributed by atoms with E-state index in [4.69, 9.17) is 0 Å². The fourth-order valence-corrected chi connectivity index (χ4v) is 3.08. The molecule has 0 aliphatic heterocycles. The van der Waals surface area contributed by atoms with Gasteiger partial charge < -0.3 is 9.67 Å². The molecule has 4 nitrogen and oxygen atoms in total. The summed E-state index contributed by atoms with van der Waals surface area (Å²) in [4.78, 5) is 16.2. The average molecular weight is 314 g/mol. The summed E-state index contributed by atoms with van der Waals surface area (Å²) >= 11 is 0. The highest BCUT2D eigenvalue weighted by Crippen LogP contribution is 2.36. The molecular weight excluding hydrogens is 300 g/mol. The number of aromatic carboxylic acids is 1. The molecule has 4 aromatic rings. The molecule has 0 radical (unpaired) electrons. The first-order chi connectivity index (χ1) is 11.8. The monoisotopic (exact) mass is 314 g/mol. The summed E-state index contributed by atoms with van der Waals surface area (Å²) in [6.45, 7) is 0. The summed E-state index contributed by atoms with van der Waals surface area (Å²) in [6, 6.07) is 20.9. The van der Waals surface area contributed by atoms with Crippen LogP contribution < -0.4 is 0 Å². The van der Waals surface area contributed by atoms with Crippen molar-refractivity contribution < 1.29 is 9.90 Å². The maximum Gasteiger partial charge on any atom is 0.338 e. The van der Waals surface area contributed by atoms with E-state index in [1.54, 1.807) is 12.4 Å². The number of hydrogen-bond acceptors (Lipinski definition) is 2. The van der Waals surface area contributed by atoms with Gasteiger partial charge >= 0.3 is 5.97 Å². The van der Waals surface area contributed by atoms with Gasteiger partial charge in [-0.2, -0.15) is 0 Å². The molecular formula is C20H14N2O2. The van der Waals surface area contributed by atoms with Gasteiger partial charge in [0.25, 0.3) is 0 Å². The largest absolute Gasteiger partial charge is 0.478 e. The number of rotatable bonds is 3. The highest BCUT2D eigenvalue weighted by molar-refractivity contribution is 6.10. The minimum Gasteiger partial charge on any atom is -0.478 e. The van der Waals surface area contributed by atoms with E-state index in [1.807, 2.05) is 71.3 Å². The Morgan fingerprint density at radius 1 is 0.917 bits per heavy atom. The standard InChI is InChI=1S/C20H14N2O2/c23-20(24)18-16-10-4-5-11-17(16)22(15-9-6-12-21-13-15)19(18)14-7-2-1-3-8-14/h1-13H,(H,23,24). The van der Waals surface area contributed by atoms with Gasteiger partial charge in [0.15, 0.2) is 0 Å². The van der Waals surface area contributed by atoms with Crippen LogP contribution in [-0.2, 0) is 0 Å². The molecule has 0 aliphatic rings. The Kier molecular flexibility index (Phi) is 3.35. The molecule has 2 aromatic carbocycles. The Hall–Kier alpha value is -3.40. The highest BCUT2D eigenvalue weighted by Gasteiger charge is 2.23. The van der Waals surface area contributed by atoms with Crippen LogP contribution in [0.15, 0.2) is 79.1 Å². The molecule has 0 aliphatic carbocycles. The zero-order valence-electron chi connectivity index (χ0n) is 12.8. The Morgan fingerprint density at radius 2 is 1.67 bits per heavy atom. The van der Waals surface area contributed by atoms with Crippen LogP contribution in [0, 0.1) is 0 Å². The predicted octanol–water partition coefficient (Wildman–Crippen LogP) is 4.39. The highest BCUT2D eigenvalue weighted by atomic mass is 16.4. The van der Waals surface area contributed by atoms with Crippen LogP contribution in [0.4, 0.5) is 0 Å². The molecule has 4 heteroatoms. The molecule has 0 unspecified atom stereocenters. The lowest BCUT2D eigenvalue weighted by Gasteiger charge is -2.11. The molecule has 0 atom stereocenters. The number of hydrogen-bond donors (Lipinski definition) is 1. The van der Waals surface area contributed by atoms with E-state index in [0.717, 1.165) is 16.8 Å². The van der Waals surface area contributed by atoms with E-state index in [-0.39, 0.29) is 0 Å². The first-order valence-corrected chi connectivity index (χ1v) is 7.60. The van der Waals surface area contributed by atoms with Crippen molar-refractivity contribution in [2.24, 2.45) is 0 Å². The molecule has 1 N–H and O–H groups in total. The van der Waals surface area contributed by atoms with Gasteiger partial charge in [0.2, 0.25) is 0 Å². The van der Waals surface area contributed by atoms with Crippen molar-refractivity contribution in [2.45, 2.75) is 0 Å². The van der Waals surface area contributed by atoms with Gasteiger partial charge in [-0.05, 0) is 23.8 Å². The van der Waals surface area contributed by atoms with E-state index >= 15 is 0 Å². The van der Waals surface area contributed by atoms with E-state index in [2.05, 4.69) is 4.98 Å². The normalized spacial score (nSPS) is 10.8. The fraction of sp³-hybridized carbons (Fsp3) is 0. The van der Waals surface area contributed by atoms with Crippen LogP contribution in [0.5, 0.6) is 0 Å². The Morgan fingerprint density at radius 3 is 2.38 bits per heavy atom. The molecule has 0 saturated carbocycles. The summed E-state index contributed by atoms with van der Waals surface area (Å²) in [7, 11) is 0.